The van der Waals surface area contributed by atoms with Crippen molar-refractivity contribution in [1.29, 1.82) is 0 Å². The molecule has 1 atom stereocenters. The predicted molar refractivity (Wildman–Crippen MR) is 79.2 cm³/mol. The number of hydrogen-bond donors (Lipinski definition) is 3. The number of aromatic nitrogens is 2. The normalized spacial score (nSPS) is 12.6. The summed E-state index contributed by atoms with van der Waals surface area (Å²) < 4.78 is 0. The Bertz CT molecular complexity index is 494. The molecule has 1 heterocycles. The highest BCUT2D eigenvalue weighted by Gasteiger charge is 2.21. The maximum Gasteiger partial charge on any atom is 0.305 e. The third-order valence-corrected chi connectivity index (χ3v) is 2.76. The van der Waals surface area contributed by atoms with Crippen molar-refractivity contribution >= 4 is 17.7 Å². The van der Waals surface area contributed by atoms with Crippen molar-refractivity contribution in [2.45, 2.75) is 39.7 Å². The van der Waals surface area contributed by atoms with Gasteiger partial charge in [0.15, 0.2) is 5.69 Å². The quantitative estimate of drug-likeness (QED) is 0.735. The fourth-order valence-corrected chi connectivity index (χ4v) is 1.99. The minimum absolute atomic E-state index is 0.00382. The van der Waals surface area contributed by atoms with E-state index in [9.17, 15) is 9.59 Å². The zero-order valence-corrected chi connectivity index (χ0v) is 12.8. The van der Waals surface area contributed by atoms with E-state index in [-0.39, 0.29) is 29.5 Å². The van der Waals surface area contributed by atoms with Crippen LogP contribution in [0.5, 0.6) is 0 Å². The van der Waals surface area contributed by atoms with Crippen molar-refractivity contribution in [3.8, 4) is 0 Å². The van der Waals surface area contributed by atoms with Gasteiger partial charge in [-0.3, -0.25) is 9.59 Å². The summed E-state index contributed by atoms with van der Waals surface area (Å²) in [4.78, 5) is 22.3. The summed E-state index contributed by atoms with van der Waals surface area (Å²) in [7, 11) is 1.52. The van der Waals surface area contributed by atoms with Crippen LogP contribution in [0.2, 0.25) is 0 Å². The lowest BCUT2D eigenvalue weighted by atomic mass is 9.87. The van der Waals surface area contributed by atoms with Crippen molar-refractivity contribution in [2.24, 2.45) is 5.41 Å². The number of amides is 1. The summed E-state index contributed by atoms with van der Waals surface area (Å²) >= 11 is 0. The van der Waals surface area contributed by atoms with Gasteiger partial charge in [-0.2, -0.15) is 0 Å². The molecular weight excluding hydrogens is 272 g/mol. The summed E-state index contributed by atoms with van der Waals surface area (Å²) in [6, 6.07) is 2.92. The minimum Gasteiger partial charge on any atom is -0.481 e. The number of carbonyl (C=O) groups excluding carboxylic acids is 1. The molecule has 21 heavy (non-hydrogen) atoms. The average molecular weight is 294 g/mol. The molecule has 1 amide bonds. The van der Waals surface area contributed by atoms with Gasteiger partial charge in [0.1, 0.15) is 5.82 Å². The van der Waals surface area contributed by atoms with Gasteiger partial charge in [-0.25, -0.2) is 0 Å². The molecule has 0 aliphatic rings. The summed E-state index contributed by atoms with van der Waals surface area (Å²) in [5.74, 6) is -0.726. The van der Waals surface area contributed by atoms with E-state index in [1.807, 2.05) is 20.8 Å². The molecule has 1 aromatic heterocycles. The van der Waals surface area contributed by atoms with Crippen LogP contribution in [-0.2, 0) is 4.79 Å². The van der Waals surface area contributed by atoms with Gasteiger partial charge in [0, 0.05) is 13.1 Å². The first-order valence-electron chi connectivity index (χ1n) is 6.75. The molecule has 7 heteroatoms. The van der Waals surface area contributed by atoms with Gasteiger partial charge in [-0.15, -0.1) is 10.2 Å². The second kappa shape index (κ2) is 7.01. The van der Waals surface area contributed by atoms with E-state index >= 15 is 0 Å². The van der Waals surface area contributed by atoms with Crippen molar-refractivity contribution in [3.63, 3.8) is 0 Å². The van der Waals surface area contributed by atoms with Gasteiger partial charge in [0.05, 0.1) is 6.42 Å². The van der Waals surface area contributed by atoms with Gasteiger partial charge in [-0.1, -0.05) is 20.8 Å². The molecule has 0 fully saturated rings. The molecule has 0 aliphatic heterocycles. The van der Waals surface area contributed by atoms with E-state index in [1.165, 1.54) is 7.05 Å². The topological polar surface area (TPSA) is 104 Å². The van der Waals surface area contributed by atoms with Crippen molar-refractivity contribution < 1.29 is 14.7 Å². The Labute approximate surface area is 124 Å². The lowest BCUT2D eigenvalue weighted by Crippen LogP contribution is -2.29. The summed E-state index contributed by atoms with van der Waals surface area (Å²) in [5, 5.41) is 22.2. The van der Waals surface area contributed by atoms with Gasteiger partial charge in [0.25, 0.3) is 5.91 Å². The first kappa shape index (κ1) is 16.9. The fraction of sp³-hybridized carbons (Fsp3) is 0.571. The zero-order chi connectivity index (χ0) is 16.0. The molecule has 0 radical (unpaired) electrons. The second-order valence-electron chi connectivity index (χ2n) is 6.09. The molecule has 0 bridgehead atoms. The molecule has 0 saturated heterocycles. The standard InChI is InChI=1S/C14H22N4O3/c1-14(2,3)8-9(7-12(19)20)16-11-6-5-10(17-18-11)13(21)15-4/h5-6,9H,7-8H2,1-4H3,(H,15,21)(H,16,18)(H,19,20). The number of rotatable bonds is 6. The third-order valence-electron chi connectivity index (χ3n) is 2.76. The summed E-state index contributed by atoms with van der Waals surface area (Å²) in [6.45, 7) is 6.14. The van der Waals surface area contributed by atoms with Crippen LogP contribution < -0.4 is 10.6 Å². The monoisotopic (exact) mass is 294 g/mol. The molecular formula is C14H22N4O3. The van der Waals surface area contributed by atoms with E-state index in [2.05, 4.69) is 20.8 Å². The molecule has 0 spiro atoms. The van der Waals surface area contributed by atoms with Crippen LogP contribution >= 0.6 is 0 Å². The van der Waals surface area contributed by atoms with E-state index in [1.54, 1.807) is 12.1 Å². The van der Waals surface area contributed by atoms with E-state index in [0.29, 0.717) is 12.2 Å². The molecule has 116 valence electrons. The van der Waals surface area contributed by atoms with E-state index in [0.717, 1.165) is 0 Å². The third kappa shape index (κ3) is 6.20. The molecule has 7 nitrogen and oxygen atoms in total. The van der Waals surface area contributed by atoms with E-state index in [4.69, 9.17) is 5.11 Å². The Hall–Kier alpha value is -2.18. The first-order valence-corrected chi connectivity index (χ1v) is 6.75. The first-order chi connectivity index (χ1) is 9.71. The van der Waals surface area contributed by atoms with Crippen LogP contribution in [0.1, 0.15) is 44.1 Å². The highest BCUT2D eigenvalue weighted by Crippen LogP contribution is 2.24. The van der Waals surface area contributed by atoms with Crippen LogP contribution in [0.4, 0.5) is 5.82 Å². The summed E-state index contributed by atoms with van der Waals surface area (Å²) in [5.41, 5.74) is 0.205. The number of hydrogen-bond acceptors (Lipinski definition) is 5. The number of carboxylic acid groups (broad SMARTS) is 1. The van der Waals surface area contributed by atoms with Crippen molar-refractivity contribution in [2.75, 3.05) is 12.4 Å². The lowest BCUT2D eigenvalue weighted by molar-refractivity contribution is -0.137. The molecule has 0 aromatic carbocycles. The van der Waals surface area contributed by atoms with Gasteiger partial charge >= 0.3 is 5.97 Å². The Morgan fingerprint density at radius 3 is 2.38 bits per heavy atom. The highest BCUT2D eigenvalue weighted by atomic mass is 16.4. The number of carboxylic acids is 1. The highest BCUT2D eigenvalue weighted by molar-refractivity contribution is 5.91. The average Bonchev–Trinajstić information content (AvgIpc) is 2.36. The molecule has 1 aromatic rings. The van der Waals surface area contributed by atoms with Crippen molar-refractivity contribution in [3.05, 3.63) is 17.8 Å². The maximum absolute atomic E-state index is 11.4. The molecule has 1 unspecified atom stereocenters. The number of nitrogens with zero attached hydrogens (tertiary/aromatic N) is 2. The van der Waals surface area contributed by atoms with Gasteiger partial charge in [-0.05, 0) is 24.0 Å². The number of carbonyl (C=O) groups is 2. The summed E-state index contributed by atoms with van der Waals surface area (Å²) in [6.07, 6.45) is 0.675. The second-order valence-corrected chi connectivity index (χ2v) is 6.09. The number of anilines is 1. The minimum atomic E-state index is -0.869. The van der Waals surface area contributed by atoms with Gasteiger partial charge < -0.3 is 15.7 Å². The van der Waals surface area contributed by atoms with Crippen LogP contribution in [0.3, 0.4) is 0 Å². The zero-order valence-electron chi connectivity index (χ0n) is 12.8. The Balaban J connectivity index is 2.78. The van der Waals surface area contributed by atoms with Gasteiger partial charge in [0.2, 0.25) is 0 Å². The number of aliphatic carboxylic acids is 1. The molecule has 0 aliphatic carbocycles. The SMILES string of the molecule is CNC(=O)c1ccc(NC(CC(=O)O)CC(C)(C)C)nn1. The van der Waals surface area contributed by atoms with Crippen LogP contribution in [-0.4, -0.2) is 40.3 Å². The number of nitrogens with one attached hydrogen (secondary N) is 2. The Morgan fingerprint density at radius 1 is 1.29 bits per heavy atom. The molecule has 1 rings (SSSR count). The predicted octanol–water partition coefficient (Wildman–Crippen LogP) is 1.53. The lowest BCUT2D eigenvalue weighted by Gasteiger charge is -2.26. The smallest absolute Gasteiger partial charge is 0.305 e. The Kier molecular flexibility index (Phi) is 5.63. The van der Waals surface area contributed by atoms with E-state index < -0.39 is 5.97 Å². The van der Waals surface area contributed by atoms with Crippen molar-refractivity contribution in [1.82, 2.24) is 15.5 Å². The Morgan fingerprint density at radius 2 is 1.95 bits per heavy atom. The fourth-order valence-electron chi connectivity index (χ4n) is 1.99. The molecule has 3 N–H and O–H groups in total. The largest absolute Gasteiger partial charge is 0.481 e. The van der Waals surface area contributed by atoms with Crippen LogP contribution in [0, 0.1) is 5.41 Å². The van der Waals surface area contributed by atoms with Crippen LogP contribution in [0.25, 0.3) is 0 Å². The molecule has 0 saturated carbocycles. The maximum atomic E-state index is 11.4. The van der Waals surface area contributed by atoms with Crippen LogP contribution in [0.15, 0.2) is 12.1 Å².